The number of nitrogens with two attached hydrogens (primary N) is 1. The Labute approximate surface area is 129 Å². The van der Waals surface area contributed by atoms with Gasteiger partial charge in [0.1, 0.15) is 10.7 Å². The van der Waals surface area contributed by atoms with Gasteiger partial charge in [-0.25, -0.2) is 0 Å². The Balaban J connectivity index is 2.39. The lowest BCUT2D eigenvalue weighted by atomic mass is 10.2. The number of hydrogen-bond donors (Lipinski definition) is 2. The maximum Gasteiger partial charge on any atom is 0.257 e. The van der Waals surface area contributed by atoms with E-state index in [1.807, 2.05) is 6.26 Å². The van der Waals surface area contributed by atoms with Gasteiger partial charge in [0.2, 0.25) is 0 Å². The van der Waals surface area contributed by atoms with E-state index in [1.165, 1.54) is 0 Å². The highest BCUT2D eigenvalue weighted by Gasteiger charge is 2.16. The summed E-state index contributed by atoms with van der Waals surface area (Å²) in [6.07, 6.45) is 2.02. The fourth-order valence-corrected chi connectivity index (χ4v) is 1.65. The summed E-state index contributed by atoms with van der Waals surface area (Å²) in [5, 5.41) is 2.85. The van der Waals surface area contributed by atoms with Crippen molar-refractivity contribution in [2.75, 3.05) is 19.4 Å². The minimum atomic E-state index is -0.134. The molecule has 1 amide bonds. The first kappa shape index (κ1) is 16.8. The molecular formula is C14H20N2O2S2. The monoisotopic (exact) mass is 312 g/mol. The number of carbonyl (C=O) groups excluding carboxylic acids is 1. The molecule has 0 bridgehead atoms. The quantitative estimate of drug-likeness (QED) is 0.754. The minimum absolute atomic E-state index is 0.00310. The molecule has 20 heavy (non-hydrogen) atoms. The van der Waals surface area contributed by atoms with Crippen molar-refractivity contribution in [3.63, 3.8) is 0 Å². The fourth-order valence-electron chi connectivity index (χ4n) is 1.30. The number of hydrogen-bond acceptors (Lipinski definition) is 4. The van der Waals surface area contributed by atoms with Crippen molar-refractivity contribution in [1.29, 1.82) is 0 Å². The molecule has 4 nitrogen and oxygen atoms in total. The molecule has 0 saturated carbocycles. The van der Waals surface area contributed by atoms with Crippen molar-refractivity contribution >= 4 is 34.9 Å². The van der Waals surface area contributed by atoms with Crippen LogP contribution in [0.2, 0.25) is 0 Å². The zero-order valence-electron chi connectivity index (χ0n) is 11.9. The third kappa shape index (κ3) is 5.79. The molecule has 110 valence electrons. The average molecular weight is 312 g/mol. The lowest BCUT2D eigenvalue weighted by Gasteiger charge is -2.22. The second-order valence-electron chi connectivity index (χ2n) is 4.92. The van der Waals surface area contributed by atoms with Gasteiger partial charge in [-0.3, -0.25) is 4.79 Å². The number of thioether (sulfide) groups is 1. The molecular weight excluding hydrogens is 292 g/mol. The van der Waals surface area contributed by atoms with Crippen LogP contribution in [0.3, 0.4) is 0 Å². The molecule has 0 fully saturated rings. The Morgan fingerprint density at radius 2 is 2.00 bits per heavy atom. The first-order valence-electron chi connectivity index (χ1n) is 6.18. The largest absolute Gasteiger partial charge is 0.484 e. The Kier molecular flexibility index (Phi) is 6.29. The minimum Gasteiger partial charge on any atom is -0.484 e. The van der Waals surface area contributed by atoms with E-state index in [9.17, 15) is 4.79 Å². The average Bonchev–Trinajstić information content (AvgIpc) is 2.43. The number of carbonyl (C=O) groups is 1. The van der Waals surface area contributed by atoms with E-state index >= 15 is 0 Å². The van der Waals surface area contributed by atoms with Crippen LogP contribution in [0.1, 0.15) is 19.4 Å². The van der Waals surface area contributed by atoms with Gasteiger partial charge in [0.15, 0.2) is 6.61 Å². The van der Waals surface area contributed by atoms with Crippen LogP contribution in [0.5, 0.6) is 5.75 Å². The molecule has 0 spiro atoms. The highest BCUT2D eigenvalue weighted by atomic mass is 32.2. The zero-order valence-corrected chi connectivity index (χ0v) is 13.6. The van der Waals surface area contributed by atoms with E-state index in [0.717, 1.165) is 5.56 Å². The molecule has 0 unspecified atom stereocenters. The molecule has 0 atom stereocenters. The second kappa shape index (κ2) is 7.50. The molecule has 0 aromatic heterocycles. The van der Waals surface area contributed by atoms with Crippen LogP contribution in [-0.4, -0.2) is 35.1 Å². The standard InChI is InChI=1S/C14H20N2O2S2/c1-14(2,20-3)9-16-12(17)8-18-11-6-4-10(5-7-11)13(15)19/h4-7H,8-9H2,1-3H3,(H2,15,19)(H,16,17). The SMILES string of the molecule is CSC(C)(C)CNC(=O)COc1ccc(C(N)=S)cc1. The lowest BCUT2D eigenvalue weighted by molar-refractivity contribution is -0.123. The van der Waals surface area contributed by atoms with E-state index in [2.05, 4.69) is 19.2 Å². The molecule has 1 aromatic rings. The third-order valence-corrected chi connectivity index (χ3v) is 4.26. The van der Waals surface area contributed by atoms with Crippen molar-refractivity contribution < 1.29 is 9.53 Å². The maximum atomic E-state index is 11.7. The molecule has 6 heteroatoms. The van der Waals surface area contributed by atoms with Crippen LogP contribution >= 0.6 is 24.0 Å². The van der Waals surface area contributed by atoms with Crippen molar-refractivity contribution in [1.82, 2.24) is 5.32 Å². The third-order valence-electron chi connectivity index (χ3n) is 2.77. The summed E-state index contributed by atoms with van der Waals surface area (Å²) >= 11 is 6.57. The van der Waals surface area contributed by atoms with Crippen LogP contribution in [0.15, 0.2) is 24.3 Å². The summed E-state index contributed by atoms with van der Waals surface area (Å²) in [6, 6.07) is 7.03. The van der Waals surface area contributed by atoms with Crippen LogP contribution in [-0.2, 0) is 4.79 Å². The Hall–Kier alpha value is -1.27. The van der Waals surface area contributed by atoms with E-state index in [-0.39, 0.29) is 17.3 Å². The van der Waals surface area contributed by atoms with Gasteiger partial charge in [-0.1, -0.05) is 12.2 Å². The van der Waals surface area contributed by atoms with Gasteiger partial charge in [0.25, 0.3) is 5.91 Å². The summed E-state index contributed by atoms with van der Waals surface area (Å²) in [4.78, 5) is 12.0. The lowest BCUT2D eigenvalue weighted by Crippen LogP contribution is -2.38. The van der Waals surface area contributed by atoms with Gasteiger partial charge < -0.3 is 15.8 Å². The predicted octanol–water partition coefficient (Wildman–Crippen LogP) is 1.96. The van der Waals surface area contributed by atoms with Gasteiger partial charge in [-0.05, 0) is 44.4 Å². The molecule has 0 heterocycles. The highest BCUT2D eigenvalue weighted by Crippen LogP contribution is 2.19. The molecule has 0 aliphatic carbocycles. The molecule has 0 radical (unpaired) electrons. The number of thiocarbonyl (C=S) groups is 1. The zero-order chi connectivity index (χ0) is 15.2. The predicted molar refractivity (Wildman–Crippen MR) is 88.4 cm³/mol. The fraction of sp³-hybridized carbons (Fsp3) is 0.429. The summed E-state index contributed by atoms with van der Waals surface area (Å²) < 4.78 is 5.42. The number of rotatable bonds is 7. The maximum absolute atomic E-state index is 11.7. The van der Waals surface area contributed by atoms with Crippen LogP contribution in [0, 0.1) is 0 Å². The first-order valence-corrected chi connectivity index (χ1v) is 7.82. The Bertz CT molecular complexity index is 473. The van der Waals surface area contributed by atoms with Gasteiger partial charge in [0.05, 0.1) is 0 Å². The van der Waals surface area contributed by atoms with Gasteiger partial charge >= 0.3 is 0 Å². The molecule has 3 N–H and O–H groups in total. The van der Waals surface area contributed by atoms with Gasteiger partial charge in [-0.2, -0.15) is 11.8 Å². The number of nitrogens with one attached hydrogen (secondary N) is 1. The molecule has 1 rings (SSSR count). The normalized spacial score (nSPS) is 10.9. The summed E-state index contributed by atoms with van der Waals surface area (Å²) in [5.41, 5.74) is 6.28. The topological polar surface area (TPSA) is 64.3 Å². The van der Waals surface area contributed by atoms with Gasteiger partial charge in [-0.15, -0.1) is 0 Å². The van der Waals surface area contributed by atoms with Gasteiger partial charge in [0, 0.05) is 16.9 Å². The summed E-state index contributed by atoms with van der Waals surface area (Å²) in [6.45, 7) is 4.76. The highest BCUT2D eigenvalue weighted by molar-refractivity contribution is 7.99. The molecule has 0 aliphatic heterocycles. The van der Waals surface area contributed by atoms with Crippen molar-refractivity contribution in [3.05, 3.63) is 29.8 Å². The molecule has 0 saturated heterocycles. The summed E-state index contributed by atoms with van der Waals surface area (Å²) in [7, 11) is 0. The van der Waals surface area contributed by atoms with Crippen LogP contribution < -0.4 is 15.8 Å². The summed E-state index contributed by atoms with van der Waals surface area (Å²) in [5.74, 6) is 0.481. The van der Waals surface area contributed by atoms with Crippen molar-refractivity contribution in [2.24, 2.45) is 5.73 Å². The van der Waals surface area contributed by atoms with Crippen LogP contribution in [0.25, 0.3) is 0 Å². The number of benzene rings is 1. The number of amides is 1. The molecule has 0 aliphatic rings. The van der Waals surface area contributed by atoms with Crippen molar-refractivity contribution in [3.8, 4) is 5.75 Å². The van der Waals surface area contributed by atoms with E-state index in [1.54, 1.807) is 36.0 Å². The smallest absolute Gasteiger partial charge is 0.257 e. The number of ether oxygens (including phenoxy) is 1. The van der Waals surface area contributed by atoms with E-state index in [0.29, 0.717) is 17.3 Å². The van der Waals surface area contributed by atoms with E-state index < -0.39 is 0 Å². The second-order valence-corrected chi connectivity index (χ2v) is 6.87. The van der Waals surface area contributed by atoms with E-state index in [4.69, 9.17) is 22.7 Å². The Morgan fingerprint density at radius 3 is 2.50 bits per heavy atom. The Morgan fingerprint density at radius 1 is 1.40 bits per heavy atom. The van der Waals surface area contributed by atoms with Crippen molar-refractivity contribution in [2.45, 2.75) is 18.6 Å². The molecule has 1 aromatic carbocycles. The van der Waals surface area contributed by atoms with Crippen LogP contribution in [0.4, 0.5) is 0 Å². The first-order chi connectivity index (χ1) is 9.34.